The smallest absolute Gasteiger partial charge is 0.130 e. The molecule has 0 N–H and O–H groups in total. The van der Waals surface area contributed by atoms with Crippen molar-refractivity contribution in [1.29, 1.82) is 0 Å². The Morgan fingerprint density at radius 1 is 1.36 bits per heavy atom. The molecule has 1 aromatic rings. The first-order chi connectivity index (χ1) is 6.65. The van der Waals surface area contributed by atoms with Crippen LogP contribution in [0.15, 0.2) is 24.3 Å². The summed E-state index contributed by atoms with van der Waals surface area (Å²) in [4.78, 5) is 11.1. The monoisotopic (exact) mass is 190 g/mol. The summed E-state index contributed by atoms with van der Waals surface area (Å²) in [6.07, 6.45) is 1.70. The van der Waals surface area contributed by atoms with Crippen LogP contribution in [0.1, 0.15) is 43.7 Å². The highest BCUT2D eigenvalue weighted by Gasteiger charge is 2.12. The fraction of sp³-hybridized carbons (Fsp3) is 0.462. The first-order valence-corrected chi connectivity index (χ1v) is 5.20. The molecule has 0 spiro atoms. The average Bonchev–Trinajstić information content (AvgIpc) is 2.15. The Bertz CT molecular complexity index is 315. The Hall–Kier alpha value is -1.11. The zero-order valence-corrected chi connectivity index (χ0v) is 9.21. The van der Waals surface area contributed by atoms with E-state index in [1.165, 1.54) is 11.1 Å². The highest BCUT2D eigenvalue weighted by atomic mass is 16.1. The summed E-state index contributed by atoms with van der Waals surface area (Å²) in [5.41, 5.74) is 2.62. The molecule has 14 heavy (non-hydrogen) atoms. The van der Waals surface area contributed by atoms with Crippen molar-refractivity contribution in [3.05, 3.63) is 35.4 Å². The first-order valence-electron chi connectivity index (χ1n) is 5.20. The summed E-state index contributed by atoms with van der Waals surface area (Å²) in [7, 11) is 0. The van der Waals surface area contributed by atoms with E-state index in [0.717, 1.165) is 6.42 Å². The molecule has 0 saturated carbocycles. The van der Waals surface area contributed by atoms with Gasteiger partial charge in [-0.2, -0.15) is 0 Å². The van der Waals surface area contributed by atoms with E-state index in [4.69, 9.17) is 0 Å². The summed E-state index contributed by atoms with van der Waals surface area (Å²) >= 11 is 0. The van der Waals surface area contributed by atoms with Crippen LogP contribution in [0.5, 0.6) is 0 Å². The van der Waals surface area contributed by atoms with Gasteiger partial charge in [0.2, 0.25) is 0 Å². The molecule has 0 heterocycles. The van der Waals surface area contributed by atoms with E-state index >= 15 is 0 Å². The van der Waals surface area contributed by atoms with Gasteiger partial charge in [-0.25, -0.2) is 0 Å². The highest BCUT2D eigenvalue weighted by Crippen LogP contribution is 2.25. The molecule has 1 heteroatoms. The summed E-state index contributed by atoms with van der Waals surface area (Å²) in [6.45, 7) is 5.92. The lowest BCUT2D eigenvalue weighted by atomic mass is 9.89. The second-order valence-electron chi connectivity index (χ2n) is 3.87. The number of carbonyl (C=O) groups excluding carboxylic acids is 1. The molecule has 0 unspecified atom stereocenters. The van der Waals surface area contributed by atoms with Crippen molar-refractivity contribution in [2.45, 2.75) is 39.5 Å². The topological polar surface area (TPSA) is 17.1 Å². The fourth-order valence-corrected chi connectivity index (χ4v) is 1.87. The summed E-state index contributed by atoms with van der Waals surface area (Å²) in [6, 6.07) is 8.33. The summed E-state index contributed by atoms with van der Waals surface area (Å²) in [5.74, 6) is 0.675. The molecule has 1 aromatic carbocycles. The third-order valence-electron chi connectivity index (χ3n) is 2.65. The van der Waals surface area contributed by atoms with Crippen LogP contribution in [0, 0.1) is 6.92 Å². The number of hydrogen-bond donors (Lipinski definition) is 0. The molecular formula is C13H18O. The van der Waals surface area contributed by atoms with Gasteiger partial charge in [-0.3, -0.25) is 0 Å². The predicted molar refractivity (Wildman–Crippen MR) is 59.5 cm³/mol. The number of ketones is 1. The Morgan fingerprint density at radius 3 is 2.50 bits per heavy atom. The van der Waals surface area contributed by atoms with Gasteiger partial charge in [0.15, 0.2) is 0 Å². The van der Waals surface area contributed by atoms with E-state index in [1.807, 2.05) is 12.1 Å². The van der Waals surface area contributed by atoms with Crippen LogP contribution in [-0.2, 0) is 4.79 Å². The Labute approximate surface area is 86.1 Å². The van der Waals surface area contributed by atoms with Gasteiger partial charge in [-0.1, -0.05) is 31.2 Å². The van der Waals surface area contributed by atoms with Crippen LogP contribution in [0.2, 0.25) is 0 Å². The molecule has 0 bridgehead atoms. The first kappa shape index (κ1) is 11.0. The average molecular weight is 190 g/mol. The second kappa shape index (κ2) is 4.94. The van der Waals surface area contributed by atoms with Crippen LogP contribution in [0.4, 0.5) is 0 Å². The van der Waals surface area contributed by atoms with Gasteiger partial charge < -0.3 is 4.79 Å². The molecule has 0 saturated heterocycles. The van der Waals surface area contributed by atoms with Crippen LogP contribution in [-0.4, -0.2) is 5.78 Å². The van der Waals surface area contributed by atoms with Crippen molar-refractivity contribution in [3.63, 3.8) is 0 Å². The molecule has 1 atom stereocenters. The Balaban J connectivity index is 2.89. The van der Waals surface area contributed by atoms with Crippen LogP contribution in [0.25, 0.3) is 0 Å². The molecular weight excluding hydrogens is 172 g/mol. The van der Waals surface area contributed by atoms with Gasteiger partial charge in [0.05, 0.1) is 0 Å². The van der Waals surface area contributed by atoms with Crippen molar-refractivity contribution in [3.8, 4) is 0 Å². The molecule has 1 rings (SSSR count). The van der Waals surface area contributed by atoms with Gasteiger partial charge >= 0.3 is 0 Å². The van der Waals surface area contributed by atoms with Gasteiger partial charge in [0.1, 0.15) is 5.78 Å². The zero-order chi connectivity index (χ0) is 10.6. The quantitative estimate of drug-likeness (QED) is 0.710. The maximum absolute atomic E-state index is 11.1. The highest BCUT2D eigenvalue weighted by molar-refractivity contribution is 5.76. The van der Waals surface area contributed by atoms with E-state index < -0.39 is 0 Å². The molecule has 0 aliphatic heterocycles. The minimum atomic E-state index is 0.278. The minimum Gasteiger partial charge on any atom is -0.300 e. The van der Waals surface area contributed by atoms with Crippen molar-refractivity contribution in [2.24, 2.45) is 0 Å². The van der Waals surface area contributed by atoms with E-state index in [2.05, 4.69) is 26.0 Å². The fourth-order valence-electron chi connectivity index (χ4n) is 1.87. The zero-order valence-electron chi connectivity index (χ0n) is 9.21. The summed E-state index contributed by atoms with van der Waals surface area (Å²) in [5, 5.41) is 0. The van der Waals surface area contributed by atoms with E-state index in [0.29, 0.717) is 12.3 Å². The number of rotatable bonds is 4. The lowest BCUT2D eigenvalue weighted by Crippen LogP contribution is -2.04. The van der Waals surface area contributed by atoms with Gasteiger partial charge in [-0.15, -0.1) is 0 Å². The largest absolute Gasteiger partial charge is 0.300 e. The van der Waals surface area contributed by atoms with Gasteiger partial charge in [-0.05, 0) is 37.3 Å². The van der Waals surface area contributed by atoms with Crippen LogP contribution < -0.4 is 0 Å². The molecule has 0 aliphatic carbocycles. The molecule has 0 amide bonds. The van der Waals surface area contributed by atoms with Crippen LogP contribution in [0.3, 0.4) is 0 Å². The maximum Gasteiger partial charge on any atom is 0.130 e. The van der Waals surface area contributed by atoms with Crippen molar-refractivity contribution >= 4 is 5.78 Å². The maximum atomic E-state index is 11.1. The second-order valence-corrected chi connectivity index (χ2v) is 3.87. The molecule has 1 nitrogen and oxygen atoms in total. The van der Waals surface area contributed by atoms with Crippen molar-refractivity contribution < 1.29 is 4.79 Å². The Morgan fingerprint density at radius 2 is 2.00 bits per heavy atom. The van der Waals surface area contributed by atoms with Gasteiger partial charge in [0, 0.05) is 6.42 Å². The third kappa shape index (κ3) is 2.69. The Kier molecular flexibility index (Phi) is 3.87. The number of aryl methyl sites for hydroxylation is 1. The van der Waals surface area contributed by atoms with Gasteiger partial charge in [0.25, 0.3) is 0 Å². The van der Waals surface area contributed by atoms with E-state index in [9.17, 15) is 4.79 Å². The number of hydrogen-bond acceptors (Lipinski definition) is 1. The number of benzene rings is 1. The van der Waals surface area contributed by atoms with Crippen LogP contribution >= 0.6 is 0 Å². The molecule has 0 aromatic heterocycles. The third-order valence-corrected chi connectivity index (χ3v) is 2.65. The predicted octanol–water partition coefficient (Wildman–Crippen LogP) is 3.47. The summed E-state index contributed by atoms with van der Waals surface area (Å²) < 4.78 is 0. The number of Topliss-reactive ketones (excluding diaryl/α,β-unsaturated/α-hetero) is 1. The molecule has 0 aliphatic rings. The SMILES string of the molecule is CC[C@@H](CC(C)=O)c1ccccc1C. The minimum absolute atomic E-state index is 0.278. The van der Waals surface area contributed by atoms with Crippen molar-refractivity contribution in [1.82, 2.24) is 0 Å². The lowest BCUT2D eigenvalue weighted by molar-refractivity contribution is -0.117. The molecule has 0 fully saturated rings. The lowest BCUT2D eigenvalue weighted by Gasteiger charge is -2.15. The standard InChI is InChI=1S/C13H18O/c1-4-12(9-11(3)14)13-8-6-5-7-10(13)2/h5-8,12H,4,9H2,1-3H3/t12-/m0/s1. The molecule has 76 valence electrons. The number of carbonyl (C=O) groups is 1. The van der Waals surface area contributed by atoms with E-state index in [-0.39, 0.29) is 5.78 Å². The van der Waals surface area contributed by atoms with Crippen molar-refractivity contribution in [2.75, 3.05) is 0 Å². The normalized spacial score (nSPS) is 12.5. The molecule has 0 radical (unpaired) electrons. The van der Waals surface area contributed by atoms with E-state index in [1.54, 1.807) is 6.92 Å².